The van der Waals surface area contributed by atoms with Gasteiger partial charge < -0.3 is 9.15 Å². The van der Waals surface area contributed by atoms with Crippen LogP contribution in [0.4, 0.5) is 0 Å². The van der Waals surface area contributed by atoms with Crippen LogP contribution >= 0.6 is 0 Å². The molecule has 1 aromatic carbocycles. The summed E-state index contributed by atoms with van der Waals surface area (Å²) in [5.41, 5.74) is 1.21. The fourth-order valence-electron chi connectivity index (χ4n) is 2.75. The van der Waals surface area contributed by atoms with Gasteiger partial charge in [0.05, 0.1) is 5.92 Å². The van der Waals surface area contributed by atoms with Crippen LogP contribution in [0, 0.1) is 5.92 Å². The number of rotatable bonds is 4. The van der Waals surface area contributed by atoms with Crippen molar-refractivity contribution >= 4 is 0 Å². The Morgan fingerprint density at radius 2 is 1.95 bits per heavy atom. The van der Waals surface area contributed by atoms with E-state index in [0.29, 0.717) is 17.7 Å². The maximum Gasteiger partial charge on any atom is 0.245 e. The van der Waals surface area contributed by atoms with Crippen LogP contribution in [0.3, 0.4) is 0 Å². The number of benzene rings is 1. The Bertz CT molecular complexity index is 545. The van der Waals surface area contributed by atoms with Crippen molar-refractivity contribution in [1.82, 2.24) is 10.2 Å². The van der Waals surface area contributed by atoms with Crippen LogP contribution in [0.15, 0.2) is 34.7 Å². The van der Waals surface area contributed by atoms with E-state index in [1.165, 1.54) is 5.56 Å². The summed E-state index contributed by atoms with van der Waals surface area (Å²) >= 11 is 0. The van der Waals surface area contributed by atoms with Crippen molar-refractivity contribution in [3.8, 4) is 0 Å². The van der Waals surface area contributed by atoms with Crippen molar-refractivity contribution in [2.45, 2.75) is 38.7 Å². The molecule has 2 atom stereocenters. The molecule has 1 aliphatic rings. The average Bonchev–Trinajstić information content (AvgIpc) is 3.10. The molecule has 0 amide bonds. The van der Waals surface area contributed by atoms with E-state index in [0.717, 1.165) is 19.4 Å². The fourth-order valence-corrected chi connectivity index (χ4v) is 2.75. The lowest BCUT2D eigenvalue weighted by Crippen LogP contribution is -2.09. The Balaban J connectivity index is 1.88. The molecule has 1 aliphatic heterocycles. The van der Waals surface area contributed by atoms with E-state index in [1.807, 2.05) is 18.2 Å². The molecule has 2 heterocycles. The highest BCUT2D eigenvalue weighted by atomic mass is 16.5. The summed E-state index contributed by atoms with van der Waals surface area (Å²) in [6.07, 6.45) is 2.02. The molecule has 106 valence electrons. The topological polar surface area (TPSA) is 48.2 Å². The van der Waals surface area contributed by atoms with E-state index in [1.54, 1.807) is 0 Å². The third kappa shape index (κ3) is 2.61. The quantitative estimate of drug-likeness (QED) is 0.851. The predicted molar refractivity (Wildman–Crippen MR) is 75.3 cm³/mol. The zero-order valence-electron chi connectivity index (χ0n) is 12.0. The maximum absolute atomic E-state index is 5.90. The second-order valence-electron chi connectivity index (χ2n) is 5.61. The highest BCUT2D eigenvalue weighted by Crippen LogP contribution is 2.33. The molecule has 0 N–H and O–H groups in total. The summed E-state index contributed by atoms with van der Waals surface area (Å²) < 4.78 is 11.5. The van der Waals surface area contributed by atoms with E-state index in [9.17, 15) is 0 Å². The molecule has 0 spiro atoms. The minimum Gasteiger partial charge on any atom is -0.422 e. The Morgan fingerprint density at radius 1 is 1.15 bits per heavy atom. The number of ether oxygens (including phenoxy) is 1. The molecule has 20 heavy (non-hydrogen) atoms. The van der Waals surface area contributed by atoms with Crippen molar-refractivity contribution in [3.05, 3.63) is 47.7 Å². The van der Waals surface area contributed by atoms with Crippen LogP contribution < -0.4 is 0 Å². The van der Waals surface area contributed by atoms with Gasteiger partial charge in [0.15, 0.2) is 0 Å². The number of nitrogens with zero attached hydrogens (tertiary/aromatic N) is 2. The molecule has 2 aromatic rings. The van der Waals surface area contributed by atoms with Crippen LogP contribution in [0.1, 0.15) is 56.1 Å². The molecule has 1 saturated heterocycles. The van der Waals surface area contributed by atoms with Crippen molar-refractivity contribution < 1.29 is 9.15 Å². The van der Waals surface area contributed by atoms with Crippen molar-refractivity contribution in [2.75, 3.05) is 6.61 Å². The number of aromatic nitrogens is 2. The molecular formula is C16H20N2O2. The highest BCUT2D eigenvalue weighted by molar-refractivity contribution is 5.25. The maximum atomic E-state index is 5.90. The van der Waals surface area contributed by atoms with Crippen molar-refractivity contribution in [2.24, 2.45) is 5.92 Å². The van der Waals surface area contributed by atoms with Crippen LogP contribution in [-0.2, 0) is 4.74 Å². The second-order valence-corrected chi connectivity index (χ2v) is 5.61. The van der Waals surface area contributed by atoms with Gasteiger partial charge in [-0.3, -0.25) is 0 Å². The van der Waals surface area contributed by atoms with Gasteiger partial charge in [0.25, 0.3) is 0 Å². The van der Waals surface area contributed by atoms with E-state index in [4.69, 9.17) is 9.15 Å². The van der Waals surface area contributed by atoms with Gasteiger partial charge in [-0.15, -0.1) is 10.2 Å². The zero-order chi connectivity index (χ0) is 13.9. The Kier molecular flexibility index (Phi) is 3.83. The molecule has 0 saturated carbocycles. The molecule has 0 radical (unpaired) electrons. The third-order valence-corrected chi connectivity index (χ3v) is 3.75. The molecule has 1 fully saturated rings. The first-order valence-electron chi connectivity index (χ1n) is 7.25. The molecule has 1 unspecified atom stereocenters. The van der Waals surface area contributed by atoms with Gasteiger partial charge in [-0.1, -0.05) is 44.2 Å². The lowest BCUT2D eigenvalue weighted by atomic mass is 9.88. The second kappa shape index (κ2) is 5.75. The average molecular weight is 272 g/mol. The van der Waals surface area contributed by atoms with Crippen LogP contribution in [-0.4, -0.2) is 16.8 Å². The SMILES string of the molecule is CC(C)C(c1ccccc1)c1nnc([C@H]2CCCO2)o1. The third-order valence-electron chi connectivity index (χ3n) is 3.75. The molecule has 0 bridgehead atoms. The van der Waals surface area contributed by atoms with Gasteiger partial charge in [-0.2, -0.15) is 0 Å². The molecular weight excluding hydrogens is 252 g/mol. The predicted octanol–water partition coefficient (Wildman–Crippen LogP) is 3.71. The van der Waals surface area contributed by atoms with Crippen LogP contribution in [0.5, 0.6) is 0 Å². The first-order chi connectivity index (χ1) is 9.75. The molecule has 4 nitrogen and oxygen atoms in total. The van der Waals surface area contributed by atoms with E-state index in [2.05, 4.69) is 36.2 Å². The summed E-state index contributed by atoms with van der Waals surface area (Å²) in [5.74, 6) is 1.85. The molecule has 4 heteroatoms. The fraction of sp³-hybridized carbons (Fsp3) is 0.500. The minimum atomic E-state index is -0.0140. The summed E-state index contributed by atoms with van der Waals surface area (Å²) in [4.78, 5) is 0. The molecule has 3 rings (SSSR count). The largest absolute Gasteiger partial charge is 0.422 e. The number of hydrogen-bond acceptors (Lipinski definition) is 4. The lowest BCUT2D eigenvalue weighted by molar-refractivity contribution is 0.0876. The minimum absolute atomic E-state index is 0.0140. The van der Waals surface area contributed by atoms with E-state index in [-0.39, 0.29) is 12.0 Å². The number of hydrogen-bond donors (Lipinski definition) is 0. The van der Waals surface area contributed by atoms with E-state index < -0.39 is 0 Å². The van der Waals surface area contributed by atoms with Crippen LogP contribution in [0.2, 0.25) is 0 Å². The van der Waals surface area contributed by atoms with Gasteiger partial charge in [0.2, 0.25) is 11.8 Å². The van der Waals surface area contributed by atoms with Crippen LogP contribution in [0.25, 0.3) is 0 Å². The summed E-state index contributed by atoms with van der Waals surface area (Å²) in [5, 5.41) is 8.45. The Labute approximate surface area is 119 Å². The normalized spacial score (nSPS) is 20.4. The monoisotopic (exact) mass is 272 g/mol. The smallest absolute Gasteiger partial charge is 0.245 e. The lowest BCUT2D eigenvalue weighted by Gasteiger charge is -2.17. The summed E-state index contributed by atoms with van der Waals surface area (Å²) in [6.45, 7) is 5.13. The van der Waals surface area contributed by atoms with Crippen molar-refractivity contribution in [1.29, 1.82) is 0 Å². The standard InChI is InChI=1S/C16H20N2O2/c1-11(2)14(12-7-4-3-5-8-12)16-18-17-15(20-16)13-9-6-10-19-13/h3-5,7-8,11,13-14H,6,9-10H2,1-2H3/t13-,14?/m1/s1. The first-order valence-corrected chi connectivity index (χ1v) is 7.25. The Morgan fingerprint density at radius 3 is 2.60 bits per heavy atom. The van der Waals surface area contributed by atoms with Gasteiger partial charge in [0, 0.05) is 6.61 Å². The summed E-state index contributed by atoms with van der Waals surface area (Å²) in [6, 6.07) is 10.3. The first kappa shape index (κ1) is 13.3. The van der Waals surface area contributed by atoms with Gasteiger partial charge in [-0.25, -0.2) is 0 Å². The van der Waals surface area contributed by atoms with Gasteiger partial charge >= 0.3 is 0 Å². The van der Waals surface area contributed by atoms with E-state index >= 15 is 0 Å². The highest BCUT2D eigenvalue weighted by Gasteiger charge is 2.28. The van der Waals surface area contributed by atoms with Gasteiger partial charge in [-0.05, 0) is 24.3 Å². The summed E-state index contributed by atoms with van der Waals surface area (Å²) in [7, 11) is 0. The zero-order valence-corrected chi connectivity index (χ0v) is 12.0. The van der Waals surface area contributed by atoms with Gasteiger partial charge in [0.1, 0.15) is 6.10 Å². The van der Waals surface area contributed by atoms with Crippen molar-refractivity contribution in [3.63, 3.8) is 0 Å². The molecule has 1 aromatic heterocycles. The molecule has 0 aliphatic carbocycles. The Hall–Kier alpha value is -1.68.